The highest BCUT2D eigenvalue weighted by atomic mass is 31.2. The number of hydrogen-bond donors (Lipinski definition) is 1. The van der Waals surface area contributed by atoms with Crippen LogP contribution in [0.1, 0.15) is 15.9 Å². The Hall–Kier alpha value is -3.22. The van der Waals surface area contributed by atoms with Crippen LogP contribution in [0.3, 0.4) is 0 Å². The fourth-order valence-corrected chi connectivity index (χ4v) is 7.63. The smallest absolute Gasteiger partial charge is 0.254 e. The van der Waals surface area contributed by atoms with Gasteiger partial charge in [-0.05, 0) is 55.5 Å². The number of nitrogens with one attached hydrogen (secondary N) is 1. The molecule has 2 nitrogen and oxygen atoms in total. The summed E-state index contributed by atoms with van der Waals surface area (Å²) in [4.78, 5) is 13.0. The highest BCUT2D eigenvalue weighted by Crippen LogP contribution is 2.54. The molecule has 0 atom stereocenters. The molecule has 4 aromatic carbocycles. The highest BCUT2D eigenvalue weighted by molar-refractivity contribution is 7.95. The zero-order valence-electron chi connectivity index (χ0n) is 17.0. The van der Waals surface area contributed by atoms with Crippen molar-refractivity contribution in [1.29, 1.82) is 0 Å². The summed E-state index contributed by atoms with van der Waals surface area (Å²) in [6, 6.07) is 39.5. The molecular formula is C27H25NOP+. The maximum absolute atomic E-state index is 13.0. The van der Waals surface area contributed by atoms with Gasteiger partial charge in [0.05, 0.1) is 0 Å². The Kier molecular flexibility index (Phi) is 6.07. The summed E-state index contributed by atoms with van der Waals surface area (Å²) < 4.78 is 0. The van der Waals surface area contributed by atoms with E-state index in [9.17, 15) is 4.79 Å². The summed E-state index contributed by atoms with van der Waals surface area (Å²) in [6.45, 7) is 2.03. The normalized spacial score (nSPS) is 11.1. The van der Waals surface area contributed by atoms with Crippen LogP contribution >= 0.6 is 7.26 Å². The van der Waals surface area contributed by atoms with Crippen molar-refractivity contribution in [3.63, 3.8) is 0 Å². The first-order chi connectivity index (χ1) is 14.7. The monoisotopic (exact) mass is 410 g/mol. The number of amides is 1. The molecule has 1 N–H and O–H groups in total. The van der Waals surface area contributed by atoms with E-state index in [1.165, 1.54) is 15.9 Å². The number of hydrogen-bond acceptors (Lipinski definition) is 1. The van der Waals surface area contributed by atoms with E-state index < -0.39 is 7.26 Å². The number of aryl methyl sites for hydroxylation is 1. The minimum atomic E-state index is -2.07. The molecule has 30 heavy (non-hydrogen) atoms. The summed E-state index contributed by atoms with van der Waals surface area (Å²) in [6.07, 6.45) is 0.567. The zero-order chi connectivity index (χ0) is 20.8. The van der Waals surface area contributed by atoms with E-state index in [0.717, 1.165) is 5.56 Å². The van der Waals surface area contributed by atoms with Gasteiger partial charge in [0.15, 0.2) is 0 Å². The summed E-state index contributed by atoms with van der Waals surface area (Å²) in [5.41, 5.74) is 1.83. The average molecular weight is 410 g/mol. The molecule has 0 heterocycles. The lowest BCUT2D eigenvalue weighted by Gasteiger charge is -2.27. The Morgan fingerprint density at radius 3 is 1.43 bits per heavy atom. The second-order valence-corrected chi connectivity index (χ2v) is 10.8. The molecule has 4 aromatic rings. The summed E-state index contributed by atoms with van der Waals surface area (Å²) in [5.74, 6) is -0.0397. The van der Waals surface area contributed by atoms with E-state index in [1.54, 1.807) is 0 Å². The van der Waals surface area contributed by atoms with Crippen LogP contribution in [0, 0.1) is 6.92 Å². The Bertz CT molecular complexity index is 997. The Morgan fingerprint density at radius 1 is 0.633 bits per heavy atom. The van der Waals surface area contributed by atoms with Crippen molar-refractivity contribution in [2.24, 2.45) is 0 Å². The fourth-order valence-electron chi connectivity index (χ4n) is 3.77. The standard InChI is InChI=1S/C27H24NOP/c1-22-17-19-23(20-18-22)27(29)28-21-30(24-11-5-2-6-12-24,25-13-7-3-8-14-25)26-15-9-4-10-16-26/h2-20H,21H2,1H3/p+1. The summed E-state index contributed by atoms with van der Waals surface area (Å²) in [5, 5.41) is 7.03. The molecule has 0 unspecified atom stereocenters. The molecule has 0 saturated carbocycles. The van der Waals surface area contributed by atoms with Crippen LogP contribution in [0.15, 0.2) is 115 Å². The van der Waals surface area contributed by atoms with Gasteiger partial charge in [0.25, 0.3) is 5.91 Å². The molecule has 0 aliphatic carbocycles. The second kappa shape index (κ2) is 9.07. The van der Waals surface area contributed by atoms with Crippen molar-refractivity contribution in [3.8, 4) is 0 Å². The van der Waals surface area contributed by atoms with Crippen molar-refractivity contribution in [2.75, 3.05) is 6.29 Å². The first-order valence-electron chi connectivity index (χ1n) is 10.1. The number of benzene rings is 4. The predicted octanol–water partition coefficient (Wildman–Crippen LogP) is 4.68. The van der Waals surface area contributed by atoms with Crippen LogP contribution in [0.25, 0.3) is 0 Å². The van der Waals surface area contributed by atoms with Crippen molar-refractivity contribution >= 4 is 29.1 Å². The van der Waals surface area contributed by atoms with Gasteiger partial charge in [0, 0.05) is 5.56 Å². The maximum Gasteiger partial charge on any atom is 0.254 e. The quantitative estimate of drug-likeness (QED) is 0.460. The van der Waals surface area contributed by atoms with Crippen LogP contribution in [-0.4, -0.2) is 12.2 Å². The fraction of sp³-hybridized carbons (Fsp3) is 0.0741. The second-order valence-electron chi connectivity index (χ2n) is 7.35. The predicted molar refractivity (Wildman–Crippen MR) is 129 cm³/mol. The van der Waals surface area contributed by atoms with Gasteiger partial charge in [0.2, 0.25) is 0 Å². The largest absolute Gasteiger partial charge is 0.319 e. The molecule has 0 aliphatic heterocycles. The Labute approximate surface area is 178 Å². The number of carbonyl (C=O) groups is 1. The summed E-state index contributed by atoms with van der Waals surface area (Å²) >= 11 is 0. The van der Waals surface area contributed by atoms with E-state index in [4.69, 9.17) is 0 Å². The molecule has 0 radical (unpaired) electrons. The first-order valence-corrected chi connectivity index (χ1v) is 12.1. The van der Waals surface area contributed by atoms with Gasteiger partial charge in [-0.25, -0.2) is 0 Å². The van der Waals surface area contributed by atoms with Gasteiger partial charge in [0.1, 0.15) is 29.5 Å². The SMILES string of the molecule is Cc1ccc(C(=O)NC[P+](c2ccccc2)(c2ccccc2)c2ccccc2)cc1. The number of carbonyl (C=O) groups excluding carboxylic acids is 1. The number of rotatable bonds is 6. The third-order valence-corrected chi connectivity index (χ3v) is 9.55. The first kappa shape index (κ1) is 20.1. The molecule has 0 saturated heterocycles. The molecule has 148 valence electrons. The third-order valence-electron chi connectivity index (χ3n) is 5.38. The lowest BCUT2D eigenvalue weighted by molar-refractivity contribution is 0.0960. The Morgan fingerprint density at radius 2 is 1.03 bits per heavy atom. The van der Waals surface area contributed by atoms with Crippen molar-refractivity contribution in [2.45, 2.75) is 6.92 Å². The molecule has 4 rings (SSSR count). The van der Waals surface area contributed by atoms with Gasteiger partial charge in [-0.3, -0.25) is 4.79 Å². The van der Waals surface area contributed by atoms with Gasteiger partial charge in [-0.2, -0.15) is 0 Å². The lowest BCUT2D eigenvalue weighted by Crippen LogP contribution is -2.39. The third kappa shape index (κ3) is 4.06. The zero-order valence-corrected chi connectivity index (χ0v) is 17.9. The van der Waals surface area contributed by atoms with Crippen LogP contribution in [-0.2, 0) is 0 Å². The van der Waals surface area contributed by atoms with Gasteiger partial charge >= 0.3 is 0 Å². The lowest BCUT2D eigenvalue weighted by atomic mass is 10.1. The molecule has 0 aliphatic rings. The molecule has 0 fully saturated rings. The minimum Gasteiger partial charge on any atom is -0.319 e. The minimum absolute atomic E-state index is 0.0397. The maximum atomic E-state index is 13.0. The molecule has 0 bridgehead atoms. The van der Waals surface area contributed by atoms with Crippen molar-refractivity contribution in [1.82, 2.24) is 5.32 Å². The summed E-state index contributed by atoms with van der Waals surface area (Å²) in [7, 11) is -2.07. The van der Waals surface area contributed by atoms with Crippen LogP contribution in [0.4, 0.5) is 0 Å². The topological polar surface area (TPSA) is 29.1 Å². The van der Waals surface area contributed by atoms with Gasteiger partial charge in [-0.15, -0.1) is 0 Å². The highest BCUT2D eigenvalue weighted by Gasteiger charge is 2.45. The van der Waals surface area contributed by atoms with Crippen molar-refractivity contribution in [3.05, 3.63) is 126 Å². The van der Waals surface area contributed by atoms with E-state index in [-0.39, 0.29) is 5.91 Å². The molecule has 3 heteroatoms. The van der Waals surface area contributed by atoms with E-state index in [1.807, 2.05) is 49.4 Å². The van der Waals surface area contributed by atoms with Crippen LogP contribution in [0.2, 0.25) is 0 Å². The molecule has 0 aromatic heterocycles. The van der Waals surface area contributed by atoms with Gasteiger partial charge in [-0.1, -0.05) is 72.3 Å². The molecular weight excluding hydrogens is 385 g/mol. The van der Waals surface area contributed by atoms with Crippen molar-refractivity contribution < 1.29 is 4.79 Å². The van der Waals surface area contributed by atoms with Crippen LogP contribution in [0.5, 0.6) is 0 Å². The van der Waals surface area contributed by atoms with E-state index in [2.05, 4.69) is 78.1 Å². The Balaban J connectivity index is 1.80. The molecule has 0 spiro atoms. The van der Waals surface area contributed by atoms with Crippen LogP contribution < -0.4 is 21.2 Å². The average Bonchev–Trinajstić information content (AvgIpc) is 2.82. The van der Waals surface area contributed by atoms with E-state index >= 15 is 0 Å². The van der Waals surface area contributed by atoms with Gasteiger partial charge < -0.3 is 5.32 Å². The van der Waals surface area contributed by atoms with E-state index in [0.29, 0.717) is 11.8 Å². The molecule has 1 amide bonds.